The second kappa shape index (κ2) is 5.85. The standard InChI is InChI=1S/C21H17NO2/c1-14-8-2-3-9-15(14)21(23)22-20-16-10-4-6-12-18(16)24-19-13-7-5-11-17(19)20/h2-13,20H,1H3,(H,22,23). The van der Waals surface area contributed by atoms with Crippen molar-refractivity contribution in [3.05, 3.63) is 95.1 Å². The largest absolute Gasteiger partial charge is 0.457 e. The summed E-state index contributed by atoms with van der Waals surface area (Å²) in [4.78, 5) is 12.8. The number of para-hydroxylation sites is 2. The summed E-state index contributed by atoms with van der Waals surface area (Å²) in [6, 6.07) is 23.0. The molecule has 1 heterocycles. The van der Waals surface area contributed by atoms with Gasteiger partial charge in [-0.2, -0.15) is 0 Å². The Bertz CT molecular complexity index is 871. The molecule has 0 atom stereocenters. The first-order valence-corrected chi connectivity index (χ1v) is 7.96. The summed E-state index contributed by atoms with van der Waals surface area (Å²) in [5.74, 6) is 1.49. The van der Waals surface area contributed by atoms with Gasteiger partial charge in [-0.15, -0.1) is 0 Å². The molecule has 0 unspecified atom stereocenters. The third kappa shape index (κ3) is 2.44. The van der Waals surface area contributed by atoms with Crippen LogP contribution in [0.15, 0.2) is 72.8 Å². The Balaban J connectivity index is 1.75. The Morgan fingerprint density at radius 2 is 1.38 bits per heavy atom. The molecule has 3 aromatic rings. The summed E-state index contributed by atoms with van der Waals surface area (Å²) in [7, 11) is 0. The highest BCUT2D eigenvalue weighted by Gasteiger charge is 2.28. The minimum absolute atomic E-state index is 0.0791. The summed E-state index contributed by atoms with van der Waals surface area (Å²) < 4.78 is 5.97. The van der Waals surface area contributed by atoms with Gasteiger partial charge in [0.1, 0.15) is 11.5 Å². The number of nitrogens with one attached hydrogen (secondary N) is 1. The van der Waals surface area contributed by atoms with Crippen molar-refractivity contribution in [1.82, 2.24) is 5.32 Å². The van der Waals surface area contributed by atoms with Gasteiger partial charge in [0.25, 0.3) is 5.91 Å². The van der Waals surface area contributed by atoms with Crippen LogP contribution in [0.5, 0.6) is 11.5 Å². The van der Waals surface area contributed by atoms with Crippen LogP contribution in [-0.2, 0) is 0 Å². The normalized spacial score (nSPS) is 12.7. The fourth-order valence-electron chi connectivity index (χ4n) is 3.10. The number of rotatable bonds is 2. The number of carbonyl (C=O) groups excluding carboxylic acids is 1. The summed E-state index contributed by atoms with van der Waals surface area (Å²) in [5, 5.41) is 3.17. The smallest absolute Gasteiger partial charge is 0.252 e. The average Bonchev–Trinajstić information content (AvgIpc) is 2.62. The van der Waals surface area contributed by atoms with Crippen molar-refractivity contribution < 1.29 is 9.53 Å². The first kappa shape index (κ1) is 14.5. The zero-order valence-electron chi connectivity index (χ0n) is 13.3. The maximum Gasteiger partial charge on any atom is 0.252 e. The van der Waals surface area contributed by atoms with Gasteiger partial charge in [-0.25, -0.2) is 0 Å². The average molecular weight is 315 g/mol. The number of carbonyl (C=O) groups is 1. The molecule has 0 spiro atoms. The topological polar surface area (TPSA) is 38.3 Å². The first-order valence-electron chi connectivity index (χ1n) is 7.96. The van der Waals surface area contributed by atoms with Gasteiger partial charge >= 0.3 is 0 Å². The number of hydrogen-bond donors (Lipinski definition) is 1. The van der Waals surface area contributed by atoms with E-state index in [1.54, 1.807) is 0 Å². The van der Waals surface area contributed by atoms with E-state index in [0.29, 0.717) is 5.56 Å². The van der Waals surface area contributed by atoms with Crippen LogP contribution in [-0.4, -0.2) is 5.91 Å². The van der Waals surface area contributed by atoms with Crippen LogP contribution in [0.3, 0.4) is 0 Å². The van der Waals surface area contributed by atoms with Crippen molar-refractivity contribution in [3.63, 3.8) is 0 Å². The zero-order chi connectivity index (χ0) is 16.5. The molecule has 3 nitrogen and oxygen atoms in total. The van der Waals surface area contributed by atoms with E-state index in [4.69, 9.17) is 4.74 Å². The number of ether oxygens (including phenoxy) is 1. The molecule has 0 fully saturated rings. The molecule has 0 aromatic heterocycles. The van der Waals surface area contributed by atoms with Crippen molar-refractivity contribution in [2.75, 3.05) is 0 Å². The van der Waals surface area contributed by atoms with E-state index in [1.165, 1.54) is 0 Å². The molecule has 1 aliphatic heterocycles. The van der Waals surface area contributed by atoms with Crippen molar-refractivity contribution in [2.45, 2.75) is 13.0 Å². The quantitative estimate of drug-likeness (QED) is 0.749. The number of benzene rings is 3. The van der Waals surface area contributed by atoms with Crippen LogP contribution in [0.25, 0.3) is 0 Å². The number of amides is 1. The van der Waals surface area contributed by atoms with Gasteiger partial charge in [0.2, 0.25) is 0 Å². The number of hydrogen-bond acceptors (Lipinski definition) is 2. The van der Waals surface area contributed by atoms with Crippen LogP contribution in [0.4, 0.5) is 0 Å². The number of fused-ring (bicyclic) bond motifs is 2. The van der Waals surface area contributed by atoms with Gasteiger partial charge in [-0.1, -0.05) is 54.6 Å². The highest BCUT2D eigenvalue weighted by atomic mass is 16.5. The van der Waals surface area contributed by atoms with Crippen LogP contribution < -0.4 is 10.1 Å². The second-order valence-corrected chi connectivity index (χ2v) is 5.90. The molecule has 0 aliphatic carbocycles. The fraction of sp³-hybridized carbons (Fsp3) is 0.0952. The molecule has 0 radical (unpaired) electrons. The third-order valence-electron chi connectivity index (χ3n) is 4.35. The molecule has 3 aromatic carbocycles. The van der Waals surface area contributed by atoms with E-state index < -0.39 is 0 Å². The Kier molecular flexibility index (Phi) is 3.54. The van der Waals surface area contributed by atoms with Gasteiger partial charge in [0.15, 0.2) is 0 Å². The van der Waals surface area contributed by atoms with E-state index >= 15 is 0 Å². The first-order chi connectivity index (χ1) is 11.7. The lowest BCUT2D eigenvalue weighted by Crippen LogP contribution is -2.31. The lowest BCUT2D eigenvalue weighted by Gasteiger charge is -2.29. The molecular formula is C21H17NO2. The zero-order valence-corrected chi connectivity index (χ0v) is 13.3. The third-order valence-corrected chi connectivity index (χ3v) is 4.35. The molecule has 1 amide bonds. The highest BCUT2D eigenvalue weighted by molar-refractivity contribution is 5.96. The molecule has 3 heteroatoms. The van der Waals surface area contributed by atoms with E-state index in [1.807, 2.05) is 79.7 Å². The van der Waals surface area contributed by atoms with Gasteiger partial charge < -0.3 is 10.1 Å². The Morgan fingerprint density at radius 1 is 0.833 bits per heavy atom. The van der Waals surface area contributed by atoms with E-state index in [9.17, 15) is 4.79 Å². The highest BCUT2D eigenvalue weighted by Crippen LogP contribution is 2.42. The second-order valence-electron chi connectivity index (χ2n) is 5.90. The molecule has 4 rings (SSSR count). The van der Waals surface area contributed by atoms with Gasteiger partial charge in [0, 0.05) is 16.7 Å². The van der Waals surface area contributed by atoms with Crippen LogP contribution in [0.2, 0.25) is 0 Å². The Morgan fingerprint density at radius 3 is 2.00 bits per heavy atom. The predicted molar refractivity (Wildman–Crippen MR) is 93.4 cm³/mol. The van der Waals surface area contributed by atoms with E-state index in [2.05, 4.69) is 5.32 Å². The summed E-state index contributed by atoms with van der Waals surface area (Å²) >= 11 is 0. The van der Waals surface area contributed by atoms with Gasteiger partial charge in [-0.3, -0.25) is 4.79 Å². The molecular weight excluding hydrogens is 298 g/mol. The molecule has 24 heavy (non-hydrogen) atoms. The summed E-state index contributed by atoms with van der Waals surface area (Å²) in [6.45, 7) is 1.95. The van der Waals surface area contributed by atoms with Crippen molar-refractivity contribution in [2.24, 2.45) is 0 Å². The van der Waals surface area contributed by atoms with Crippen molar-refractivity contribution >= 4 is 5.91 Å². The molecule has 118 valence electrons. The Hall–Kier alpha value is -3.07. The monoisotopic (exact) mass is 315 g/mol. The maximum atomic E-state index is 12.8. The van der Waals surface area contributed by atoms with E-state index in [-0.39, 0.29) is 11.9 Å². The molecule has 1 aliphatic rings. The summed E-state index contributed by atoms with van der Waals surface area (Å²) in [5.41, 5.74) is 3.60. The van der Waals surface area contributed by atoms with Crippen molar-refractivity contribution in [1.29, 1.82) is 0 Å². The van der Waals surface area contributed by atoms with Crippen LogP contribution in [0.1, 0.15) is 33.1 Å². The van der Waals surface area contributed by atoms with Gasteiger partial charge in [-0.05, 0) is 30.7 Å². The predicted octanol–water partition coefficient (Wildman–Crippen LogP) is 4.62. The fourth-order valence-corrected chi connectivity index (χ4v) is 3.10. The van der Waals surface area contributed by atoms with E-state index in [0.717, 1.165) is 28.2 Å². The number of aryl methyl sites for hydroxylation is 1. The molecule has 0 saturated carbocycles. The molecule has 0 saturated heterocycles. The van der Waals surface area contributed by atoms with Crippen molar-refractivity contribution in [3.8, 4) is 11.5 Å². The van der Waals surface area contributed by atoms with Gasteiger partial charge in [0.05, 0.1) is 6.04 Å². The SMILES string of the molecule is Cc1ccccc1C(=O)NC1c2ccccc2Oc2ccccc21. The van der Waals surface area contributed by atoms with Crippen LogP contribution >= 0.6 is 0 Å². The minimum atomic E-state index is -0.224. The molecule has 1 N–H and O–H groups in total. The maximum absolute atomic E-state index is 12.8. The lowest BCUT2D eigenvalue weighted by molar-refractivity contribution is 0.0941. The molecule has 0 bridgehead atoms. The lowest BCUT2D eigenvalue weighted by atomic mass is 9.94. The minimum Gasteiger partial charge on any atom is -0.457 e. The summed E-state index contributed by atoms with van der Waals surface area (Å²) in [6.07, 6.45) is 0. The van der Waals surface area contributed by atoms with Crippen LogP contribution in [0, 0.1) is 6.92 Å². The Labute approximate surface area is 140 Å².